The highest BCUT2D eigenvalue weighted by Crippen LogP contribution is 2.39. The Kier molecular flexibility index (Phi) is 4.70. The minimum absolute atomic E-state index is 0.0865. The first-order valence-electron chi connectivity index (χ1n) is 10.3. The zero-order chi connectivity index (χ0) is 19.4. The van der Waals surface area contributed by atoms with Crippen LogP contribution in [0.2, 0.25) is 0 Å². The number of rotatable bonds is 2. The van der Waals surface area contributed by atoms with Crippen LogP contribution in [0, 0.1) is 18.8 Å². The standard InChI is InChI=1S/C20H29N5O2S/c1-13-18(25-7-8-28-20(25)21-13)19(27)24-11-14-9-16(17(26)10-15(14)12-24)23-5-3-22(2)4-6-23/h7-8,14-17,26H,3-6,9-12H2,1-2H3/t14-,15+,16-,17-/m1/s1. The number of piperazine rings is 1. The number of aryl methyl sites for hydroxylation is 1. The van der Waals surface area contributed by atoms with Gasteiger partial charge in [-0.25, -0.2) is 4.98 Å². The minimum Gasteiger partial charge on any atom is -0.391 e. The number of imidazole rings is 1. The molecule has 0 unspecified atom stereocenters. The summed E-state index contributed by atoms with van der Waals surface area (Å²) in [4.78, 5) is 25.5. The Balaban J connectivity index is 1.30. The van der Waals surface area contributed by atoms with Crippen LogP contribution in [0.25, 0.3) is 4.96 Å². The molecule has 2 saturated heterocycles. The van der Waals surface area contributed by atoms with Crippen LogP contribution < -0.4 is 0 Å². The number of likely N-dealkylation sites (N-methyl/N-ethyl adjacent to an activating group) is 1. The van der Waals surface area contributed by atoms with E-state index in [4.69, 9.17) is 0 Å². The molecule has 0 spiro atoms. The van der Waals surface area contributed by atoms with Crippen molar-refractivity contribution >= 4 is 22.2 Å². The molecule has 8 heteroatoms. The zero-order valence-electron chi connectivity index (χ0n) is 16.6. The Labute approximate surface area is 169 Å². The first-order chi connectivity index (χ1) is 13.5. The van der Waals surface area contributed by atoms with Crippen molar-refractivity contribution in [2.75, 3.05) is 46.3 Å². The normalized spacial score (nSPS) is 32.2. The molecule has 1 amide bonds. The van der Waals surface area contributed by atoms with Crippen molar-refractivity contribution in [3.63, 3.8) is 0 Å². The third-order valence-corrected chi connectivity index (χ3v) is 7.80. The summed E-state index contributed by atoms with van der Waals surface area (Å²) in [6.07, 6.45) is 3.47. The van der Waals surface area contributed by atoms with E-state index in [1.165, 1.54) is 0 Å². The number of amides is 1. The van der Waals surface area contributed by atoms with Gasteiger partial charge >= 0.3 is 0 Å². The number of carbonyl (C=O) groups is 1. The summed E-state index contributed by atoms with van der Waals surface area (Å²) in [5.41, 5.74) is 1.51. The van der Waals surface area contributed by atoms with Gasteiger partial charge in [0.1, 0.15) is 5.69 Å². The van der Waals surface area contributed by atoms with Crippen LogP contribution in [0.4, 0.5) is 0 Å². The van der Waals surface area contributed by atoms with Gasteiger partial charge in [0.15, 0.2) is 4.96 Å². The lowest BCUT2D eigenvalue weighted by molar-refractivity contribution is -0.0249. The molecule has 28 heavy (non-hydrogen) atoms. The molecule has 4 heterocycles. The molecular weight excluding hydrogens is 374 g/mol. The number of nitrogens with zero attached hydrogens (tertiary/aromatic N) is 5. The lowest BCUT2D eigenvalue weighted by Gasteiger charge is -2.44. The van der Waals surface area contributed by atoms with Gasteiger partial charge in [-0.2, -0.15) is 0 Å². The van der Waals surface area contributed by atoms with E-state index < -0.39 is 0 Å². The summed E-state index contributed by atoms with van der Waals surface area (Å²) in [7, 11) is 2.16. The van der Waals surface area contributed by atoms with Gasteiger partial charge in [0.25, 0.3) is 5.91 Å². The molecule has 2 aromatic heterocycles. The number of aliphatic hydroxyl groups is 1. The molecule has 2 aromatic rings. The summed E-state index contributed by atoms with van der Waals surface area (Å²) in [6.45, 7) is 7.68. The summed E-state index contributed by atoms with van der Waals surface area (Å²) >= 11 is 1.56. The predicted molar refractivity (Wildman–Crippen MR) is 109 cm³/mol. The van der Waals surface area contributed by atoms with Gasteiger partial charge in [-0.3, -0.25) is 14.1 Å². The van der Waals surface area contributed by atoms with Crippen molar-refractivity contribution in [1.29, 1.82) is 0 Å². The Morgan fingerprint density at radius 2 is 1.89 bits per heavy atom. The van der Waals surface area contributed by atoms with Gasteiger partial charge in [-0.1, -0.05) is 0 Å². The van der Waals surface area contributed by atoms with Gasteiger partial charge in [0.2, 0.25) is 0 Å². The Morgan fingerprint density at radius 3 is 2.64 bits per heavy atom. The lowest BCUT2D eigenvalue weighted by atomic mass is 9.77. The maximum absolute atomic E-state index is 13.3. The fourth-order valence-electron chi connectivity index (χ4n) is 5.42. The van der Waals surface area contributed by atoms with Crippen LogP contribution in [-0.2, 0) is 0 Å². The van der Waals surface area contributed by atoms with E-state index in [1.54, 1.807) is 11.3 Å². The van der Waals surface area contributed by atoms with Crippen molar-refractivity contribution < 1.29 is 9.90 Å². The van der Waals surface area contributed by atoms with Crippen LogP contribution in [0.1, 0.15) is 29.0 Å². The van der Waals surface area contributed by atoms with Gasteiger partial charge in [0.05, 0.1) is 11.8 Å². The first kappa shape index (κ1) is 18.5. The summed E-state index contributed by atoms with van der Waals surface area (Å²) < 4.78 is 1.92. The monoisotopic (exact) mass is 403 g/mol. The number of aliphatic hydroxyl groups excluding tert-OH is 1. The van der Waals surface area contributed by atoms with E-state index in [2.05, 4.69) is 21.8 Å². The third kappa shape index (κ3) is 3.07. The molecule has 0 radical (unpaired) electrons. The maximum Gasteiger partial charge on any atom is 0.272 e. The van der Waals surface area contributed by atoms with Crippen LogP contribution >= 0.6 is 11.3 Å². The van der Waals surface area contributed by atoms with E-state index in [0.717, 1.165) is 62.8 Å². The Hall–Kier alpha value is -1.48. The number of aromatic nitrogens is 2. The van der Waals surface area contributed by atoms with Crippen LogP contribution in [0.3, 0.4) is 0 Å². The quantitative estimate of drug-likeness (QED) is 0.815. The second-order valence-electron chi connectivity index (χ2n) is 8.78. The minimum atomic E-state index is -0.278. The van der Waals surface area contributed by atoms with Crippen LogP contribution in [-0.4, -0.2) is 93.6 Å². The van der Waals surface area contributed by atoms with E-state index in [0.29, 0.717) is 17.5 Å². The molecule has 1 aliphatic carbocycles. The molecule has 7 nitrogen and oxygen atoms in total. The van der Waals surface area contributed by atoms with Gasteiger partial charge in [-0.15, -0.1) is 11.3 Å². The maximum atomic E-state index is 13.3. The zero-order valence-corrected chi connectivity index (χ0v) is 17.4. The highest BCUT2D eigenvalue weighted by atomic mass is 32.1. The fraction of sp³-hybridized carbons (Fsp3) is 0.700. The number of fused-ring (bicyclic) bond motifs is 2. The van der Waals surface area contributed by atoms with Crippen molar-refractivity contribution in [3.8, 4) is 0 Å². The second-order valence-corrected chi connectivity index (χ2v) is 9.65. The van der Waals surface area contributed by atoms with E-state index in [1.807, 2.05) is 27.8 Å². The SMILES string of the molecule is Cc1nc2sccn2c1C(=O)N1C[C@H]2C[C@@H](N3CCN(C)CC3)[C@H](O)C[C@H]2C1. The van der Waals surface area contributed by atoms with Gasteiger partial charge in [-0.05, 0) is 38.6 Å². The molecule has 4 atom stereocenters. The predicted octanol–water partition coefficient (Wildman–Crippen LogP) is 1.16. The molecular formula is C20H29N5O2S. The summed E-state index contributed by atoms with van der Waals surface area (Å²) in [6, 6.07) is 0.241. The average Bonchev–Trinajstić information content (AvgIpc) is 3.35. The highest BCUT2D eigenvalue weighted by Gasteiger charge is 2.45. The highest BCUT2D eigenvalue weighted by molar-refractivity contribution is 7.15. The van der Waals surface area contributed by atoms with E-state index >= 15 is 0 Å². The summed E-state index contributed by atoms with van der Waals surface area (Å²) in [5.74, 6) is 0.987. The fourth-order valence-corrected chi connectivity index (χ4v) is 6.18. The lowest BCUT2D eigenvalue weighted by Crippen LogP contribution is -2.55. The average molecular weight is 404 g/mol. The molecule has 152 valence electrons. The van der Waals surface area contributed by atoms with Crippen molar-refractivity contribution in [3.05, 3.63) is 23.0 Å². The number of hydrogen-bond donors (Lipinski definition) is 1. The number of carbonyl (C=O) groups excluding carboxylic acids is 1. The van der Waals surface area contributed by atoms with Crippen LogP contribution in [0.5, 0.6) is 0 Å². The van der Waals surface area contributed by atoms with Crippen molar-refractivity contribution in [2.24, 2.45) is 11.8 Å². The molecule has 2 aliphatic heterocycles. The molecule has 5 rings (SSSR count). The van der Waals surface area contributed by atoms with Gasteiger partial charge < -0.3 is 14.9 Å². The Morgan fingerprint density at radius 1 is 1.18 bits per heavy atom. The Bertz CT molecular complexity index is 871. The molecule has 1 N–H and O–H groups in total. The molecule has 0 bridgehead atoms. The second kappa shape index (κ2) is 7.09. The van der Waals surface area contributed by atoms with Crippen molar-refractivity contribution in [2.45, 2.75) is 31.9 Å². The van der Waals surface area contributed by atoms with Crippen molar-refractivity contribution in [1.82, 2.24) is 24.1 Å². The number of likely N-dealkylation sites (tertiary alicyclic amines) is 1. The molecule has 3 aliphatic rings. The smallest absolute Gasteiger partial charge is 0.272 e. The third-order valence-electron chi connectivity index (χ3n) is 7.04. The van der Waals surface area contributed by atoms with Gasteiger partial charge in [0, 0.05) is 56.9 Å². The number of thiazole rings is 1. The van der Waals surface area contributed by atoms with E-state index in [-0.39, 0.29) is 18.1 Å². The van der Waals surface area contributed by atoms with E-state index in [9.17, 15) is 9.90 Å². The van der Waals surface area contributed by atoms with Crippen LogP contribution in [0.15, 0.2) is 11.6 Å². The molecule has 1 saturated carbocycles. The summed E-state index contributed by atoms with van der Waals surface area (Å²) in [5, 5.41) is 12.8. The molecule has 3 fully saturated rings. The molecule has 0 aromatic carbocycles. The largest absolute Gasteiger partial charge is 0.391 e. The number of hydrogen-bond acceptors (Lipinski definition) is 6. The first-order valence-corrected chi connectivity index (χ1v) is 11.2. The topological polar surface area (TPSA) is 64.3 Å².